The number of amides is 1. The summed E-state index contributed by atoms with van der Waals surface area (Å²) in [6, 6.07) is 1.09. The second kappa shape index (κ2) is 5.83. The lowest BCUT2D eigenvalue weighted by Crippen LogP contribution is -2.57. The fourth-order valence-corrected chi connectivity index (χ4v) is 4.14. The Labute approximate surface area is 131 Å². The lowest BCUT2D eigenvalue weighted by Gasteiger charge is -2.47. The smallest absolute Gasteiger partial charge is 0.326 e. The molecule has 5 nitrogen and oxygen atoms in total. The zero-order valence-electron chi connectivity index (χ0n) is 11.7. The van der Waals surface area contributed by atoms with Crippen LogP contribution in [0, 0.1) is 5.92 Å². The summed E-state index contributed by atoms with van der Waals surface area (Å²) in [7, 11) is 0. The van der Waals surface area contributed by atoms with Crippen LogP contribution in [-0.2, 0) is 4.79 Å². The van der Waals surface area contributed by atoms with Crippen LogP contribution in [0.1, 0.15) is 49.0 Å². The van der Waals surface area contributed by atoms with Crippen molar-refractivity contribution in [3.05, 3.63) is 22.4 Å². The van der Waals surface area contributed by atoms with E-state index in [9.17, 15) is 14.7 Å². The maximum atomic E-state index is 12.8. The molecule has 1 saturated carbocycles. The summed E-state index contributed by atoms with van der Waals surface area (Å²) in [6.45, 7) is 0. The first-order valence-electron chi connectivity index (χ1n) is 7.47. The number of aromatic nitrogens is 1. The molecule has 1 amide bonds. The van der Waals surface area contributed by atoms with E-state index in [1.54, 1.807) is 17.2 Å². The average molecular weight is 355 g/mol. The van der Waals surface area contributed by atoms with Crippen molar-refractivity contribution in [1.29, 1.82) is 0 Å². The minimum Gasteiger partial charge on any atom is -0.480 e. The van der Waals surface area contributed by atoms with Gasteiger partial charge in [0.25, 0.3) is 5.91 Å². The van der Waals surface area contributed by atoms with Crippen LogP contribution in [0.5, 0.6) is 0 Å². The van der Waals surface area contributed by atoms with E-state index in [0.717, 1.165) is 30.2 Å². The second-order valence-electron chi connectivity index (χ2n) is 5.99. The third-order valence-electron chi connectivity index (χ3n) is 4.77. The largest absolute Gasteiger partial charge is 0.480 e. The quantitative estimate of drug-likeness (QED) is 0.857. The van der Waals surface area contributed by atoms with E-state index < -0.39 is 12.0 Å². The van der Waals surface area contributed by atoms with Gasteiger partial charge in [-0.2, -0.15) is 0 Å². The molecular formula is C15H19BrN2O3. The number of H-pyrrole nitrogens is 1. The molecule has 0 aromatic carbocycles. The topological polar surface area (TPSA) is 73.4 Å². The number of carboxylic acid groups (broad SMARTS) is 1. The van der Waals surface area contributed by atoms with Crippen molar-refractivity contribution in [3.8, 4) is 0 Å². The van der Waals surface area contributed by atoms with E-state index in [1.807, 2.05) is 0 Å². The van der Waals surface area contributed by atoms with E-state index in [2.05, 4.69) is 20.9 Å². The Hall–Kier alpha value is -1.30. The zero-order valence-corrected chi connectivity index (χ0v) is 13.3. The number of carbonyl (C=O) groups is 2. The minimum absolute atomic E-state index is 0.0724. The van der Waals surface area contributed by atoms with Crippen LogP contribution < -0.4 is 0 Å². The Morgan fingerprint density at radius 2 is 2.00 bits per heavy atom. The molecule has 3 rings (SSSR count). The number of hydrogen-bond acceptors (Lipinski definition) is 2. The number of hydrogen-bond donors (Lipinski definition) is 2. The van der Waals surface area contributed by atoms with Gasteiger partial charge in [-0.05, 0) is 53.6 Å². The molecule has 0 spiro atoms. The molecule has 2 heterocycles. The number of fused-ring (bicyclic) bond motifs is 1. The number of piperidine rings is 1. The van der Waals surface area contributed by atoms with Gasteiger partial charge in [-0.3, -0.25) is 4.79 Å². The molecule has 0 radical (unpaired) electrons. The molecule has 6 heteroatoms. The minimum atomic E-state index is -0.891. The lowest BCUT2D eigenvalue weighted by molar-refractivity contribution is -0.146. The Morgan fingerprint density at radius 1 is 1.24 bits per heavy atom. The highest BCUT2D eigenvalue weighted by atomic mass is 79.9. The number of aliphatic carboxylic acids is 1. The van der Waals surface area contributed by atoms with E-state index in [-0.39, 0.29) is 11.9 Å². The van der Waals surface area contributed by atoms with E-state index in [0.29, 0.717) is 18.0 Å². The molecule has 3 atom stereocenters. The summed E-state index contributed by atoms with van der Waals surface area (Å²) >= 11 is 3.32. The van der Waals surface area contributed by atoms with E-state index >= 15 is 0 Å². The summed E-state index contributed by atoms with van der Waals surface area (Å²) in [5, 5.41) is 9.49. The second-order valence-corrected chi connectivity index (χ2v) is 6.90. The van der Waals surface area contributed by atoms with Gasteiger partial charge in [0.15, 0.2) is 0 Å². The molecule has 2 N–H and O–H groups in total. The maximum Gasteiger partial charge on any atom is 0.326 e. The van der Waals surface area contributed by atoms with Crippen LogP contribution in [0.15, 0.2) is 16.7 Å². The molecule has 1 aliphatic carbocycles. The van der Waals surface area contributed by atoms with Crippen LogP contribution in [0.25, 0.3) is 0 Å². The number of halogens is 1. The monoisotopic (exact) mass is 354 g/mol. The molecule has 1 saturated heterocycles. The van der Waals surface area contributed by atoms with Crippen LogP contribution >= 0.6 is 15.9 Å². The Balaban J connectivity index is 1.92. The van der Waals surface area contributed by atoms with Crippen LogP contribution in [0.4, 0.5) is 0 Å². The molecule has 2 aliphatic rings. The third kappa shape index (κ3) is 2.73. The van der Waals surface area contributed by atoms with Gasteiger partial charge in [-0.15, -0.1) is 0 Å². The predicted molar refractivity (Wildman–Crippen MR) is 81.1 cm³/mol. The first-order chi connectivity index (χ1) is 10.1. The van der Waals surface area contributed by atoms with Gasteiger partial charge in [0.2, 0.25) is 0 Å². The molecule has 1 aromatic heterocycles. The summed E-state index contributed by atoms with van der Waals surface area (Å²) in [4.78, 5) is 28.9. The van der Waals surface area contributed by atoms with E-state index in [1.165, 1.54) is 6.42 Å². The number of carboxylic acids is 1. The van der Waals surface area contributed by atoms with Crippen molar-refractivity contribution >= 4 is 27.8 Å². The molecule has 1 aromatic rings. The normalized spacial score (nSPS) is 29.0. The molecule has 114 valence electrons. The fraction of sp³-hybridized carbons (Fsp3) is 0.600. The van der Waals surface area contributed by atoms with Crippen LogP contribution in [0.2, 0.25) is 0 Å². The van der Waals surface area contributed by atoms with Gasteiger partial charge in [0.1, 0.15) is 11.7 Å². The number of likely N-dealkylation sites (tertiary alicyclic amines) is 1. The van der Waals surface area contributed by atoms with Gasteiger partial charge in [0, 0.05) is 16.7 Å². The number of nitrogens with zero attached hydrogens (tertiary/aromatic N) is 1. The van der Waals surface area contributed by atoms with E-state index in [4.69, 9.17) is 0 Å². The standard InChI is InChI=1S/C15H19BrN2O3/c16-10-7-11(17-8-10)14(19)18-12-4-2-1-3-9(12)5-6-13(18)15(20)21/h7-9,12-13,17H,1-6H2,(H,20,21). The molecule has 0 bridgehead atoms. The Bertz CT molecular complexity index is 557. The van der Waals surface area contributed by atoms with Crippen molar-refractivity contribution < 1.29 is 14.7 Å². The highest BCUT2D eigenvalue weighted by molar-refractivity contribution is 9.10. The van der Waals surface area contributed by atoms with Crippen LogP contribution in [0.3, 0.4) is 0 Å². The zero-order chi connectivity index (χ0) is 15.0. The van der Waals surface area contributed by atoms with Gasteiger partial charge >= 0.3 is 5.97 Å². The molecule has 2 fully saturated rings. The number of rotatable bonds is 2. The summed E-state index contributed by atoms with van der Waals surface area (Å²) in [5.41, 5.74) is 0.458. The molecule has 3 unspecified atom stereocenters. The van der Waals surface area contributed by atoms with Gasteiger partial charge in [-0.1, -0.05) is 12.8 Å². The molecule has 21 heavy (non-hydrogen) atoms. The average Bonchev–Trinajstić information content (AvgIpc) is 2.91. The van der Waals surface area contributed by atoms with Crippen molar-refractivity contribution in [2.24, 2.45) is 5.92 Å². The number of nitrogens with one attached hydrogen (secondary N) is 1. The highest BCUT2D eigenvalue weighted by Gasteiger charge is 2.44. The van der Waals surface area contributed by atoms with Gasteiger partial charge in [0.05, 0.1) is 0 Å². The molecular weight excluding hydrogens is 336 g/mol. The van der Waals surface area contributed by atoms with Gasteiger partial charge < -0.3 is 15.0 Å². The predicted octanol–water partition coefficient (Wildman–Crippen LogP) is 3.03. The fourth-order valence-electron chi connectivity index (χ4n) is 3.80. The first-order valence-corrected chi connectivity index (χ1v) is 8.26. The third-order valence-corrected chi connectivity index (χ3v) is 5.23. The Kier molecular flexibility index (Phi) is 4.06. The SMILES string of the molecule is O=C(O)C1CCC2CCCCC2N1C(=O)c1cc(Br)c[nH]1. The first kappa shape index (κ1) is 14.6. The molecule has 1 aliphatic heterocycles. The summed E-state index contributed by atoms with van der Waals surface area (Å²) in [5.74, 6) is -0.626. The number of aromatic amines is 1. The van der Waals surface area contributed by atoms with Crippen molar-refractivity contribution in [2.45, 2.75) is 50.6 Å². The highest BCUT2D eigenvalue weighted by Crippen LogP contribution is 2.38. The van der Waals surface area contributed by atoms with Crippen molar-refractivity contribution in [2.75, 3.05) is 0 Å². The maximum absolute atomic E-state index is 12.8. The van der Waals surface area contributed by atoms with Gasteiger partial charge in [-0.25, -0.2) is 4.79 Å². The van der Waals surface area contributed by atoms with Crippen LogP contribution in [-0.4, -0.2) is 39.0 Å². The number of carbonyl (C=O) groups excluding carboxylic acids is 1. The van der Waals surface area contributed by atoms with Crippen molar-refractivity contribution in [1.82, 2.24) is 9.88 Å². The van der Waals surface area contributed by atoms with Crippen molar-refractivity contribution in [3.63, 3.8) is 0 Å². The Morgan fingerprint density at radius 3 is 2.67 bits per heavy atom. The summed E-state index contributed by atoms with van der Waals surface area (Å²) < 4.78 is 0.801. The lowest BCUT2D eigenvalue weighted by atomic mass is 9.76. The summed E-state index contributed by atoms with van der Waals surface area (Å²) in [6.07, 6.45) is 7.47.